The van der Waals surface area contributed by atoms with E-state index in [4.69, 9.17) is 0 Å². The number of benzene rings is 2. The summed E-state index contributed by atoms with van der Waals surface area (Å²) in [5.41, 5.74) is 7.24. The quantitative estimate of drug-likeness (QED) is 0.631. The minimum Gasteiger partial charge on any atom is -0.370 e. The molecule has 0 bridgehead atoms. The fourth-order valence-corrected chi connectivity index (χ4v) is 3.11. The molecule has 0 radical (unpaired) electrons. The van der Waals surface area contributed by atoms with Crippen LogP contribution in [0.4, 0.5) is 5.69 Å². The molecule has 0 aromatic heterocycles. The highest BCUT2D eigenvalue weighted by atomic mass is 16.1. The molecule has 0 N–H and O–H groups in total. The van der Waals surface area contributed by atoms with Gasteiger partial charge in [0.2, 0.25) is 0 Å². The van der Waals surface area contributed by atoms with Crippen LogP contribution in [-0.2, 0) is 18.4 Å². The lowest BCUT2D eigenvalue weighted by Crippen LogP contribution is -2.18. The Morgan fingerprint density at radius 2 is 1.72 bits per heavy atom. The average Bonchev–Trinajstić information content (AvgIpc) is 2.54. The van der Waals surface area contributed by atoms with E-state index in [0.717, 1.165) is 42.5 Å². The Morgan fingerprint density at radius 1 is 1.04 bits per heavy atom. The van der Waals surface area contributed by atoms with Gasteiger partial charge in [-0.3, -0.25) is 4.79 Å². The summed E-state index contributed by atoms with van der Waals surface area (Å²) < 4.78 is 0. The molecule has 0 amide bonds. The van der Waals surface area contributed by atoms with Crippen LogP contribution in [-0.4, -0.2) is 13.3 Å². The van der Waals surface area contributed by atoms with Crippen molar-refractivity contribution in [2.75, 3.05) is 11.9 Å². The van der Waals surface area contributed by atoms with Gasteiger partial charge in [0.05, 0.1) is 0 Å². The summed E-state index contributed by atoms with van der Waals surface area (Å²) >= 11 is 0. The zero-order chi connectivity index (χ0) is 18.6. The number of aldehydes is 1. The summed E-state index contributed by atoms with van der Waals surface area (Å²) in [6.07, 6.45) is 3.20. The van der Waals surface area contributed by atoms with E-state index in [1.165, 1.54) is 16.7 Å². The molecular formula is C23H31NO. The van der Waals surface area contributed by atoms with E-state index in [1.807, 2.05) is 19.1 Å². The zero-order valence-corrected chi connectivity index (χ0v) is 16.5. The second-order valence-electron chi connectivity index (χ2n) is 8.05. The number of rotatable bonds is 6. The van der Waals surface area contributed by atoms with Gasteiger partial charge >= 0.3 is 0 Å². The van der Waals surface area contributed by atoms with Crippen molar-refractivity contribution in [1.29, 1.82) is 0 Å². The SMILES string of the molecule is CCCc1cc(CN(C)c2ccc(C=O)c(C)c2)cc(C(C)(C)C)c1. The zero-order valence-electron chi connectivity index (χ0n) is 16.5. The molecule has 0 saturated heterocycles. The Kier molecular flexibility index (Phi) is 6.05. The highest BCUT2D eigenvalue weighted by molar-refractivity contribution is 5.78. The van der Waals surface area contributed by atoms with Crippen LogP contribution in [0.2, 0.25) is 0 Å². The molecule has 2 heteroatoms. The monoisotopic (exact) mass is 337 g/mol. The van der Waals surface area contributed by atoms with Gasteiger partial charge in [0.15, 0.2) is 0 Å². The summed E-state index contributed by atoms with van der Waals surface area (Å²) in [6, 6.07) is 13.0. The molecule has 0 atom stereocenters. The van der Waals surface area contributed by atoms with Crippen LogP contribution in [0.1, 0.15) is 66.7 Å². The molecule has 2 rings (SSSR count). The summed E-state index contributed by atoms with van der Waals surface area (Å²) in [6.45, 7) is 11.9. The van der Waals surface area contributed by atoms with Crippen molar-refractivity contribution in [3.8, 4) is 0 Å². The predicted octanol–water partition coefficient (Wildman–Crippen LogP) is 5.69. The van der Waals surface area contributed by atoms with E-state index in [0.29, 0.717) is 0 Å². The average molecular weight is 338 g/mol. The fraction of sp³-hybridized carbons (Fsp3) is 0.435. The maximum atomic E-state index is 11.0. The van der Waals surface area contributed by atoms with Gasteiger partial charge in [-0.1, -0.05) is 52.3 Å². The van der Waals surface area contributed by atoms with Crippen LogP contribution in [0.25, 0.3) is 0 Å². The van der Waals surface area contributed by atoms with E-state index >= 15 is 0 Å². The van der Waals surface area contributed by atoms with Gasteiger partial charge in [0.1, 0.15) is 6.29 Å². The molecule has 0 unspecified atom stereocenters. The van der Waals surface area contributed by atoms with Crippen molar-refractivity contribution in [2.24, 2.45) is 0 Å². The number of anilines is 1. The third-order valence-corrected chi connectivity index (χ3v) is 4.70. The lowest BCUT2D eigenvalue weighted by Gasteiger charge is -2.24. The minimum absolute atomic E-state index is 0.152. The first kappa shape index (κ1) is 19.2. The molecule has 25 heavy (non-hydrogen) atoms. The molecular weight excluding hydrogens is 306 g/mol. The lowest BCUT2D eigenvalue weighted by molar-refractivity contribution is 0.112. The second-order valence-corrected chi connectivity index (χ2v) is 8.05. The van der Waals surface area contributed by atoms with E-state index in [9.17, 15) is 4.79 Å². The van der Waals surface area contributed by atoms with Crippen LogP contribution in [0.5, 0.6) is 0 Å². The Morgan fingerprint density at radius 3 is 2.28 bits per heavy atom. The number of nitrogens with zero attached hydrogens (tertiary/aromatic N) is 1. The van der Waals surface area contributed by atoms with Crippen molar-refractivity contribution >= 4 is 12.0 Å². The second kappa shape index (κ2) is 7.86. The maximum absolute atomic E-state index is 11.0. The van der Waals surface area contributed by atoms with Gasteiger partial charge in [-0.05, 0) is 59.2 Å². The van der Waals surface area contributed by atoms with E-state index in [-0.39, 0.29) is 5.41 Å². The van der Waals surface area contributed by atoms with Crippen molar-refractivity contribution in [2.45, 2.75) is 59.4 Å². The smallest absolute Gasteiger partial charge is 0.150 e. The van der Waals surface area contributed by atoms with Gasteiger partial charge in [0.25, 0.3) is 0 Å². The first-order valence-corrected chi connectivity index (χ1v) is 9.15. The third-order valence-electron chi connectivity index (χ3n) is 4.70. The first-order chi connectivity index (χ1) is 11.7. The van der Waals surface area contributed by atoms with Crippen molar-refractivity contribution in [3.63, 3.8) is 0 Å². The first-order valence-electron chi connectivity index (χ1n) is 9.15. The molecule has 2 aromatic rings. The molecule has 2 aromatic carbocycles. The van der Waals surface area contributed by atoms with Gasteiger partial charge in [-0.15, -0.1) is 0 Å². The van der Waals surface area contributed by atoms with Crippen LogP contribution >= 0.6 is 0 Å². The van der Waals surface area contributed by atoms with Gasteiger partial charge in [-0.25, -0.2) is 0 Å². The predicted molar refractivity (Wildman–Crippen MR) is 108 cm³/mol. The van der Waals surface area contributed by atoms with E-state index < -0.39 is 0 Å². The topological polar surface area (TPSA) is 20.3 Å². The van der Waals surface area contributed by atoms with E-state index in [2.05, 4.69) is 63.9 Å². The van der Waals surface area contributed by atoms with Crippen LogP contribution in [0.3, 0.4) is 0 Å². The molecule has 0 aliphatic rings. The van der Waals surface area contributed by atoms with Gasteiger partial charge in [0, 0.05) is 24.8 Å². The highest BCUT2D eigenvalue weighted by Crippen LogP contribution is 2.27. The van der Waals surface area contributed by atoms with E-state index in [1.54, 1.807) is 0 Å². The molecule has 0 aliphatic carbocycles. The molecule has 0 saturated carbocycles. The summed E-state index contributed by atoms with van der Waals surface area (Å²) in [5.74, 6) is 0. The lowest BCUT2D eigenvalue weighted by atomic mass is 9.84. The number of aryl methyl sites for hydroxylation is 2. The largest absolute Gasteiger partial charge is 0.370 e. The Labute approximate surface area is 152 Å². The molecule has 0 heterocycles. The maximum Gasteiger partial charge on any atom is 0.150 e. The summed E-state index contributed by atoms with van der Waals surface area (Å²) in [7, 11) is 2.11. The number of carbonyl (C=O) groups is 1. The number of hydrogen-bond acceptors (Lipinski definition) is 2. The van der Waals surface area contributed by atoms with Crippen LogP contribution < -0.4 is 4.90 Å². The fourth-order valence-electron chi connectivity index (χ4n) is 3.11. The molecule has 0 fully saturated rings. The van der Waals surface area contributed by atoms with Crippen molar-refractivity contribution in [3.05, 3.63) is 64.2 Å². The minimum atomic E-state index is 0.152. The standard InChI is InChI=1S/C23H31NO/c1-7-8-18-12-19(14-21(13-18)23(3,4)5)15-24(6)22-10-9-20(16-25)17(2)11-22/h9-14,16H,7-8,15H2,1-6H3. The highest BCUT2D eigenvalue weighted by Gasteiger charge is 2.16. The molecule has 0 aliphatic heterocycles. The van der Waals surface area contributed by atoms with Crippen LogP contribution in [0, 0.1) is 6.92 Å². The summed E-state index contributed by atoms with van der Waals surface area (Å²) in [4.78, 5) is 13.3. The Bertz CT molecular complexity index is 740. The molecule has 2 nitrogen and oxygen atoms in total. The number of hydrogen-bond donors (Lipinski definition) is 0. The molecule has 0 spiro atoms. The van der Waals surface area contributed by atoms with Crippen LogP contribution in [0.15, 0.2) is 36.4 Å². The Hall–Kier alpha value is -2.09. The number of carbonyl (C=O) groups excluding carboxylic acids is 1. The Balaban J connectivity index is 2.30. The summed E-state index contributed by atoms with van der Waals surface area (Å²) in [5, 5.41) is 0. The van der Waals surface area contributed by atoms with Gasteiger partial charge < -0.3 is 4.90 Å². The van der Waals surface area contributed by atoms with Crippen molar-refractivity contribution < 1.29 is 4.79 Å². The molecule has 134 valence electrons. The van der Waals surface area contributed by atoms with Gasteiger partial charge in [-0.2, -0.15) is 0 Å². The third kappa shape index (κ3) is 4.94. The normalized spacial score (nSPS) is 11.4. The van der Waals surface area contributed by atoms with Crippen molar-refractivity contribution in [1.82, 2.24) is 0 Å².